The summed E-state index contributed by atoms with van der Waals surface area (Å²) in [5.74, 6) is -1.96. The summed E-state index contributed by atoms with van der Waals surface area (Å²) in [5.41, 5.74) is 4.05. The van der Waals surface area contributed by atoms with E-state index in [2.05, 4.69) is 12.1 Å². The lowest BCUT2D eigenvalue weighted by molar-refractivity contribution is -0.117. The number of carbonyl (C=O) groups is 1. The quantitative estimate of drug-likeness (QED) is 0.833. The van der Waals surface area contributed by atoms with E-state index in [1.165, 1.54) is 28.5 Å². The van der Waals surface area contributed by atoms with E-state index in [1.807, 2.05) is 13.0 Å². The number of aryl methyl sites for hydroxylation is 2. The van der Waals surface area contributed by atoms with Crippen LogP contribution in [0.4, 0.5) is 14.5 Å². The lowest BCUT2D eigenvalue weighted by Gasteiger charge is -2.21. The molecule has 3 rings (SSSR count). The zero-order chi connectivity index (χ0) is 16.4. The lowest BCUT2D eigenvalue weighted by Crippen LogP contribution is -2.32. The van der Waals surface area contributed by atoms with Gasteiger partial charge in [-0.15, -0.1) is 0 Å². The van der Waals surface area contributed by atoms with Gasteiger partial charge in [0.25, 0.3) is 0 Å². The second kappa shape index (κ2) is 6.49. The molecule has 0 atom stereocenters. The highest BCUT2D eigenvalue weighted by atomic mass is 19.2. The number of nitrogens with zero attached hydrogens (tertiary/aromatic N) is 1. The van der Waals surface area contributed by atoms with Gasteiger partial charge < -0.3 is 4.90 Å². The highest BCUT2D eigenvalue weighted by Gasteiger charge is 2.18. The summed E-state index contributed by atoms with van der Waals surface area (Å²) in [7, 11) is 0. The molecule has 0 aliphatic heterocycles. The second-order valence-electron chi connectivity index (χ2n) is 5.87. The molecule has 0 aromatic heterocycles. The van der Waals surface area contributed by atoms with Gasteiger partial charge in [-0.3, -0.25) is 4.79 Å². The van der Waals surface area contributed by atoms with E-state index in [9.17, 15) is 13.6 Å². The van der Waals surface area contributed by atoms with Gasteiger partial charge >= 0.3 is 0 Å². The molecule has 0 saturated heterocycles. The van der Waals surface area contributed by atoms with Crippen molar-refractivity contribution in [2.75, 3.05) is 11.4 Å². The summed E-state index contributed by atoms with van der Waals surface area (Å²) in [5, 5.41) is 0. The Labute approximate surface area is 134 Å². The van der Waals surface area contributed by atoms with Gasteiger partial charge in [-0.2, -0.15) is 0 Å². The van der Waals surface area contributed by atoms with Crippen molar-refractivity contribution in [3.63, 3.8) is 0 Å². The van der Waals surface area contributed by atoms with Gasteiger partial charge in [-0.1, -0.05) is 18.2 Å². The van der Waals surface area contributed by atoms with Crippen molar-refractivity contribution in [1.29, 1.82) is 0 Å². The first kappa shape index (κ1) is 15.7. The summed E-state index contributed by atoms with van der Waals surface area (Å²) in [6.07, 6.45) is 3.61. The molecule has 4 heteroatoms. The number of hydrogen-bond donors (Lipinski definition) is 0. The van der Waals surface area contributed by atoms with Gasteiger partial charge in [0, 0.05) is 18.3 Å². The molecule has 2 aromatic rings. The number of halogens is 2. The van der Waals surface area contributed by atoms with Crippen LogP contribution in [0.5, 0.6) is 0 Å². The summed E-state index contributed by atoms with van der Waals surface area (Å²) in [4.78, 5) is 14.0. The molecule has 0 spiro atoms. The van der Waals surface area contributed by atoms with Gasteiger partial charge in [-0.25, -0.2) is 8.78 Å². The predicted molar refractivity (Wildman–Crippen MR) is 86.6 cm³/mol. The van der Waals surface area contributed by atoms with Crippen LogP contribution < -0.4 is 4.90 Å². The van der Waals surface area contributed by atoms with Crippen molar-refractivity contribution in [2.45, 2.75) is 32.6 Å². The smallest absolute Gasteiger partial charge is 0.231 e. The monoisotopic (exact) mass is 315 g/mol. The fraction of sp³-hybridized carbons (Fsp3) is 0.316. The molecule has 0 radical (unpaired) electrons. The number of hydrogen-bond acceptors (Lipinski definition) is 1. The van der Waals surface area contributed by atoms with Crippen molar-refractivity contribution in [2.24, 2.45) is 0 Å². The van der Waals surface area contributed by atoms with Crippen LogP contribution in [0, 0.1) is 11.6 Å². The minimum Gasteiger partial charge on any atom is -0.312 e. The highest BCUT2D eigenvalue weighted by Crippen LogP contribution is 2.24. The standard InChI is InChI=1S/C19H19F2NO/c1-2-22(16-8-9-17(20)18(21)12-16)19(23)11-13-6-7-14-4-3-5-15(14)10-13/h6-10,12H,2-5,11H2,1H3. The molecule has 0 bridgehead atoms. The molecule has 2 aromatic carbocycles. The molecule has 0 unspecified atom stereocenters. The topological polar surface area (TPSA) is 20.3 Å². The first-order chi connectivity index (χ1) is 11.1. The maximum Gasteiger partial charge on any atom is 0.231 e. The van der Waals surface area contributed by atoms with E-state index >= 15 is 0 Å². The molecule has 0 N–H and O–H groups in total. The average Bonchev–Trinajstić information content (AvgIpc) is 2.99. The largest absolute Gasteiger partial charge is 0.312 e. The number of anilines is 1. The second-order valence-corrected chi connectivity index (χ2v) is 5.87. The molecule has 120 valence electrons. The van der Waals surface area contributed by atoms with Crippen LogP contribution in [0.15, 0.2) is 36.4 Å². The van der Waals surface area contributed by atoms with Crippen LogP contribution in [-0.4, -0.2) is 12.5 Å². The molecule has 2 nitrogen and oxygen atoms in total. The van der Waals surface area contributed by atoms with Crippen molar-refractivity contribution in [1.82, 2.24) is 0 Å². The molecular formula is C19H19F2NO. The van der Waals surface area contributed by atoms with Crippen LogP contribution in [0.25, 0.3) is 0 Å². The van der Waals surface area contributed by atoms with Crippen LogP contribution in [0.3, 0.4) is 0 Å². The van der Waals surface area contributed by atoms with Crippen LogP contribution in [0.2, 0.25) is 0 Å². The summed E-state index contributed by atoms with van der Waals surface area (Å²) < 4.78 is 26.5. The maximum absolute atomic E-state index is 13.4. The van der Waals surface area contributed by atoms with Crippen LogP contribution in [-0.2, 0) is 24.1 Å². The third-order valence-corrected chi connectivity index (χ3v) is 4.35. The van der Waals surface area contributed by atoms with E-state index in [0.29, 0.717) is 12.2 Å². The van der Waals surface area contributed by atoms with Gasteiger partial charge in [0.05, 0.1) is 6.42 Å². The van der Waals surface area contributed by atoms with E-state index < -0.39 is 11.6 Å². The first-order valence-corrected chi connectivity index (χ1v) is 7.94. The molecule has 1 aliphatic carbocycles. The number of likely N-dealkylation sites (N-methyl/N-ethyl adjacent to an activating group) is 1. The Kier molecular flexibility index (Phi) is 4.42. The number of carbonyl (C=O) groups excluding carboxylic acids is 1. The predicted octanol–water partition coefficient (Wildman–Crippen LogP) is 4.05. The van der Waals surface area contributed by atoms with E-state index in [4.69, 9.17) is 0 Å². The third-order valence-electron chi connectivity index (χ3n) is 4.35. The minimum absolute atomic E-state index is 0.114. The fourth-order valence-corrected chi connectivity index (χ4v) is 3.16. The molecule has 1 amide bonds. The van der Waals surface area contributed by atoms with Crippen LogP contribution in [0.1, 0.15) is 30.0 Å². The Morgan fingerprint density at radius 2 is 1.83 bits per heavy atom. The van der Waals surface area contributed by atoms with Gasteiger partial charge in [0.15, 0.2) is 11.6 Å². The van der Waals surface area contributed by atoms with Crippen molar-refractivity contribution >= 4 is 11.6 Å². The number of fused-ring (bicyclic) bond motifs is 1. The van der Waals surface area contributed by atoms with E-state index in [0.717, 1.165) is 30.5 Å². The Morgan fingerprint density at radius 3 is 2.57 bits per heavy atom. The molecule has 0 saturated carbocycles. The summed E-state index contributed by atoms with van der Waals surface area (Å²) in [6, 6.07) is 9.73. The van der Waals surface area contributed by atoms with Gasteiger partial charge in [-0.05, 0) is 55.0 Å². The third kappa shape index (κ3) is 3.26. The average molecular weight is 315 g/mol. The van der Waals surface area contributed by atoms with E-state index in [-0.39, 0.29) is 12.3 Å². The zero-order valence-electron chi connectivity index (χ0n) is 13.1. The Hall–Kier alpha value is -2.23. The molecule has 0 fully saturated rings. The minimum atomic E-state index is -0.939. The lowest BCUT2D eigenvalue weighted by atomic mass is 10.0. The summed E-state index contributed by atoms with van der Waals surface area (Å²) in [6.45, 7) is 2.23. The first-order valence-electron chi connectivity index (χ1n) is 7.94. The summed E-state index contributed by atoms with van der Waals surface area (Å²) >= 11 is 0. The highest BCUT2D eigenvalue weighted by molar-refractivity contribution is 5.94. The Balaban J connectivity index is 1.78. The molecule has 23 heavy (non-hydrogen) atoms. The number of rotatable bonds is 4. The van der Waals surface area contributed by atoms with Crippen molar-refractivity contribution < 1.29 is 13.6 Å². The van der Waals surface area contributed by atoms with Crippen molar-refractivity contribution in [3.05, 3.63) is 64.7 Å². The van der Waals surface area contributed by atoms with Gasteiger partial charge in [0.2, 0.25) is 5.91 Å². The molecular weight excluding hydrogens is 296 g/mol. The van der Waals surface area contributed by atoms with E-state index in [1.54, 1.807) is 0 Å². The van der Waals surface area contributed by atoms with Crippen molar-refractivity contribution in [3.8, 4) is 0 Å². The number of amides is 1. The maximum atomic E-state index is 13.4. The Bertz CT molecular complexity index is 742. The molecule has 0 heterocycles. The molecule has 1 aliphatic rings. The van der Waals surface area contributed by atoms with Gasteiger partial charge in [0.1, 0.15) is 0 Å². The fourth-order valence-electron chi connectivity index (χ4n) is 3.16. The SMILES string of the molecule is CCN(C(=O)Cc1ccc2c(c1)CCC2)c1ccc(F)c(F)c1. The normalized spacial score (nSPS) is 13.0. The van der Waals surface area contributed by atoms with Crippen LogP contribution >= 0.6 is 0 Å². The number of benzene rings is 2. The zero-order valence-corrected chi connectivity index (χ0v) is 13.1. The Morgan fingerprint density at radius 1 is 1.04 bits per heavy atom.